The summed E-state index contributed by atoms with van der Waals surface area (Å²) in [4.78, 5) is 10.3. The molecular weight excluding hydrogens is 319 g/mol. The van der Waals surface area contributed by atoms with Gasteiger partial charge in [-0.3, -0.25) is 10.1 Å². The van der Waals surface area contributed by atoms with Crippen LogP contribution in [0.15, 0.2) is 52.3 Å². The summed E-state index contributed by atoms with van der Waals surface area (Å²) in [6.45, 7) is 0. The third-order valence-corrected chi connectivity index (χ3v) is 3.85. The van der Waals surface area contributed by atoms with E-state index in [2.05, 4.69) is 0 Å². The Hall–Kier alpha value is -2.22. The van der Waals surface area contributed by atoms with Crippen LogP contribution in [0.5, 0.6) is 5.75 Å². The number of methoxy groups -OCH3 is 1. The number of benzene rings is 2. The molecule has 116 valence electrons. The summed E-state index contributed by atoms with van der Waals surface area (Å²) in [5, 5.41) is 10.6. The Morgan fingerprint density at radius 1 is 1.14 bits per heavy atom. The predicted octanol–water partition coefficient (Wildman–Crippen LogP) is 4.77. The molecule has 0 aromatic heterocycles. The van der Waals surface area contributed by atoms with Gasteiger partial charge in [-0.25, -0.2) is 0 Å². The van der Waals surface area contributed by atoms with Crippen molar-refractivity contribution in [3.8, 4) is 5.75 Å². The Morgan fingerprint density at radius 2 is 1.77 bits per heavy atom. The normalized spacial score (nSPS) is 11.3. The molecule has 0 spiro atoms. The van der Waals surface area contributed by atoms with Crippen LogP contribution in [0.2, 0.25) is 0 Å². The van der Waals surface area contributed by atoms with Crippen LogP contribution in [-0.2, 0) is 6.18 Å². The molecule has 0 amide bonds. The lowest BCUT2D eigenvalue weighted by Crippen LogP contribution is -2.07. The fourth-order valence-electron chi connectivity index (χ4n) is 1.71. The second-order valence-corrected chi connectivity index (χ2v) is 5.33. The van der Waals surface area contributed by atoms with Gasteiger partial charge in [-0.2, -0.15) is 13.2 Å². The fourth-order valence-corrected chi connectivity index (χ4v) is 2.66. The van der Waals surface area contributed by atoms with Gasteiger partial charge in [0.25, 0.3) is 5.69 Å². The molecule has 4 nitrogen and oxygen atoms in total. The molecule has 2 aromatic carbocycles. The van der Waals surface area contributed by atoms with Gasteiger partial charge in [0.15, 0.2) is 0 Å². The molecule has 0 unspecified atom stereocenters. The summed E-state index contributed by atoms with van der Waals surface area (Å²) in [6.07, 6.45) is -4.67. The monoisotopic (exact) mass is 329 g/mol. The molecule has 0 aliphatic rings. The molecule has 0 radical (unpaired) electrons. The van der Waals surface area contributed by atoms with Crippen LogP contribution in [0, 0.1) is 10.1 Å². The van der Waals surface area contributed by atoms with Gasteiger partial charge >= 0.3 is 6.18 Å². The summed E-state index contributed by atoms with van der Waals surface area (Å²) in [5.41, 5.74) is -1.62. The van der Waals surface area contributed by atoms with Crippen LogP contribution in [0.4, 0.5) is 18.9 Å². The Labute approximate surface area is 128 Å². The van der Waals surface area contributed by atoms with Crippen molar-refractivity contribution >= 4 is 17.4 Å². The topological polar surface area (TPSA) is 52.4 Å². The van der Waals surface area contributed by atoms with Crippen molar-refractivity contribution in [3.05, 3.63) is 58.1 Å². The zero-order valence-electron chi connectivity index (χ0n) is 11.3. The number of nitrogens with zero attached hydrogens (tertiary/aromatic N) is 1. The Kier molecular flexibility index (Phi) is 4.60. The number of halogens is 3. The lowest BCUT2D eigenvalue weighted by Gasteiger charge is -2.12. The Morgan fingerprint density at radius 3 is 2.27 bits per heavy atom. The van der Waals surface area contributed by atoms with E-state index in [4.69, 9.17) is 4.74 Å². The van der Waals surface area contributed by atoms with Crippen molar-refractivity contribution in [1.82, 2.24) is 0 Å². The van der Waals surface area contributed by atoms with Crippen molar-refractivity contribution in [3.63, 3.8) is 0 Å². The molecule has 0 heterocycles. The van der Waals surface area contributed by atoms with E-state index >= 15 is 0 Å². The zero-order valence-corrected chi connectivity index (χ0v) is 12.1. The molecular formula is C14H10F3NO3S. The lowest BCUT2D eigenvalue weighted by molar-refractivity contribution is -0.385. The summed E-state index contributed by atoms with van der Waals surface area (Å²) >= 11 is 0.883. The maximum atomic E-state index is 13.1. The van der Waals surface area contributed by atoms with Gasteiger partial charge in [0, 0.05) is 21.9 Å². The van der Waals surface area contributed by atoms with Crippen LogP contribution in [0.25, 0.3) is 0 Å². The maximum Gasteiger partial charge on any atom is 0.417 e. The molecule has 0 atom stereocenters. The average Bonchev–Trinajstić information content (AvgIpc) is 2.47. The van der Waals surface area contributed by atoms with Crippen LogP contribution in [-0.4, -0.2) is 12.0 Å². The Balaban J connectivity index is 2.38. The van der Waals surface area contributed by atoms with Crippen molar-refractivity contribution in [2.75, 3.05) is 7.11 Å². The molecule has 0 fully saturated rings. The number of hydrogen-bond donors (Lipinski definition) is 0. The molecule has 0 saturated carbocycles. The van der Waals surface area contributed by atoms with Gasteiger partial charge < -0.3 is 4.74 Å². The minimum Gasteiger partial charge on any atom is -0.497 e. The van der Waals surface area contributed by atoms with Gasteiger partial charge in [-0.05, 0) is 30.3 Å². The summed E-state index contributed by atoms with van der Waals surface area (Å²) < 4.78 is 44.1. The zero-order chi connectivity index (χ0) is 16.3. The van der Waals surface area contributed by atoms with Crippen LogP contribution in [0.3, 0.4) is 0 Å². The van der Waals surface area contributed by atoms with Crippen LogP contribution >= 0.6 is 11.8 Å². The molecule has 0 aliphatic carbocycles. The quantitative estimate of drug-likeness (QED) is 0.599. The number of ether oxygens (including phenoxy) is 1. The third kappa shape index (κ3) is 3.70. The first-order valence-corrected chi connectivity index (χ1v) is 6.80. The number of nitro benzene ring substituents is 1. The molecule has 0 bridgehead atoms. The predicted molar refractivity (Wildman–Crippen MR) is 75.2 cm³/mol. The van der Waals surface area contributed by atoms with E-state index in [1.54, 1.807) is 24.3 Å². The van der Waals surface area contributed by atoms with Gasteiger partial charge in [0.2, 0.25) is 0 Å². The van der Waals surface area contributed by atoms with E-state index in [1.165, 1.54) is 7.11 Å². The van der Waals surface area contributed by atoms with E-state index in [9.17, 15) is 23.3 Å². The van der Waals surface area contributed by atoms with Gasteiger partial charge in [-0.15, -0.1) is 0 Å². The van der Waals surface area contributed by atoms with Crippen LogP contribution < -0.4 is 4.74 Å². The molecule has 0 N–H and O–H groups in total. The van der Waals surface area contributed by atoms with E-state index < -0.39 is 22.4 Å². The first kappa shape index (κ1) is 16.2. The maximum absolute atomic E-state index is 13.1. The third-order valence-electron chi connectivity index (χ3n) is 2.77. The minimum atomic E-state index is -4.67. The first-order chi connectivity index (χ1) is 10.3. The first-order valence-electron chi connectivity index (χ1n) is 5.99. The van der Waals surface area contributed by atoms with Crippen LogP contribution in [0.1, 0.15) is 5.56 Å². The molecule has 22 heavy (non-hydrogen) atoms. The number of non-ortho nitro benzene ring substituents is 1. The highest BCUT2D eigenvalue weighted by Crippen LogP contribution is 2.41. The largest absolute Gasteiger partial charge is 0.497 e. The molecule has 2 rings (SSSR count). The molecule has 2 aromatic rings. The van der Waals surface area contributed by atoms with Crippen molar-refractivity contribution in [2.24, 2.45) is 0 Å². The summed E-state index contributed by atoms with van der Waals surface area (Å²) in [6, 6.07) is 9.20. The fraction of sp³-hybridized carbons (Fsp3) is 0.143. The Bertz CT molecular complexity index is 687. The highest BCUT2D eigenvalue weighted by Gasteiger charge is 2.35. The number of hydrogen-bond acceptors (Lipinski definition) is 4. The smallest absolute Gasteiger partial charge is 0.417 e. The second kappa shape index (κ2) is 6.27. The number of rotatable bonds is 4. The molecule has 0 aliphatic heterocycles. The van der Waals surface area contributed by atoms with Gasteiger partial charge in [0.05, 0.1) is 17.6 Å². The molecule has 0 saturated heterocycles. The average molecular weight is 329 g/mol. The highest BCUT2D eigenvalue weighted by atomic mass is 32.2. The van der Waals surface area contributed by atoms with E-state index in [0.29, 0.717) is 16.7 Å². The molecule has 8 heteroatoms. The highest BCUT2D eigenvalue weighted by molar-refractivity contribution is 7.99. The number of nitro groups is 1. The number of alkyl halides is 3. The van der Waals surface area contributed by atoms with Gasteiger partial charge in [-0.1, -0.05) is 11.8 Å². The lowest BCUT2D eigenvalue weighted by atomic mass is 10.2. The van der Waals surface area contributed by atoms with Crippen molar-refractivity contribution < 1.29 is 22.8 Å². The minimum absolute atomic E-state index is 0.0942. The van der Waals surface area contributed by atoms with Crippen molar-refractivity contribution in [2.45, 2.75) is 16.0 Å². The van der Waals surface area contributed by atoms with Crippen molar-refractivity contribution in [1.29, 1.82) is 0 Å². The van der Waals surface area contributed by atoms with E-state index in [-0.39, 0.29) is 4.90 Å². The second-order valence-electron chi connectivity index (χ2n) is 4.21. The van der Waals surface area contributed by atoms with E-state index in [0.717, 1.165) is 23.9 Å². The van der Waals surface area contributed by atoms with E-state index in [1.807, 2.05) is 0 Å². The summed E-state index contributed by atoms with van der Waals surface area (Å²) in [5.74, 6) is 0.587. The summed E-state index contributed by atoms with van der Waals surface area (Å²) in [7, 11) is 1.49. The SMILES string of the molecule is COc1ccc(Sc2ccc([N+](=O)[O-])cc2C(F)(F)F)cc1. The van der Waals surface area contributed by atoms with Gasteiger partial charge in [0.1, 0.15) is 5.75 Å². The standard InChI is InChI=1S/C14H10F3NO3S/c1-21-10-3-5-11(6-4-10)22-13-7-2-9(18(19)20)8-12(13)14(15,16)17/h2-8H,1H3.